The summed E-state index contributed by atoms with van der Waals surface area (Å²) < 4.78 is 39.0. The van der Waals surface area contributed by atoms with Gasteiger partial charge < -0.3 is 10.2 Å². The van der Waals surface area contributed by atoms with Crippen molar-refractivity contribution in [2.75, 3.05) is 30.2 Å². The van der Waals surface area contributed by atoms with Gasteiger partial charge in [-0.1, -0.05) is 37.3 Å². The van der Waals surface area contributed by atoms with E-state index < -0.39 is 34.3 Å². The first-order chi connectivity index (χ1) is 15.1. The number of nitrogens with one attached hydrogen (secondary N) is 1. The summed E-state index contributed by atoms with van der Waals surface area (Å²) in [4.78, 5) is 27.2. The molecule has 0 aliphatic rings. The van der Waals surface area contributed by atoms with Gasteiger partial charge in [-0.3, -0.25) is 13.9 Å². The summed E-state index contributed by atoms with van der Waals surface area (Å²) in [5, 5.41) is 2.78. The lowest BCUT2D eigenvalue weighted by Gasteiger charge is -2.31. The number of amides is 2. The molecule has 2 aromatic carbocycles. The van der Waals surface area contributed by atoms with Gasteiger partial charge in [-0.05, 0) is 49.6 Å². The van der Waals surface area contributed by atoms with Crippen LogP contribution in [0.4, 0.5) is 10.1 Å². The van der Waals surface area contributed by atoms with Crippen molar-refractivity contribution in [3.63, 3.8) is 0 Å². The second kappa shape index (κ2) is 11.6. The Balaban J connectivity index is 2.27. The molecular weight excluding hydrogens is 433 g/mol. The first-order valence-corrected chi connectivity index (χ1v) is 12.3. The van der Waals surface area contributed by atoms with E-state index in [-0.39, 0.29) is 18.1 Å². The maximum absolute atomic E-state index is 13.3. The molecule has 7 nitrogen and oxygen atoms in total. The molecule has 2 aromatic rings. The number of rotatable bonds is 11. The van der Waals surface area contributed by atoms with Gasteiger partial charge in [0.05, 0.1) is 11.9 Å². The van der Waals surface area contributed by atoms with Gasteiger partial charge in [-0.2, -0.15) is 0 Å². The molecule has 0 radical (unpaired) electrons. The average Bonchev–Trinajstić information content (AvgIpc) is 2.76. The number of nitrogens with zero attached hydrogens (tertiary/aromatic N) is 2. The zero-order valence-corrected chi connectivity index (χ0v) is 19.4. The van der Waals surface area contributed by atoms with Gasteiger partial charge in [0.1, 0.15) is 18.4 Å². The minimum atomic E-state index is -3.82. The first kappa shape index (κ1) is 25.3. The van der Waals surface area contributed by atoms with Gasteiger partial charge in [-0.15, -0.1) is 0 Å². The highest BCUT2D eigenvalue weighted by Crippen LogP contribution is 2.19. The zero-order valence-electron chi connectivity index (χ0n) is 18.6. The Hall–Kier alpha value is -2.94. The molecule has 0 spiro atoms. The van der Waals surface area contributed by atoms with Crippen molar-refractivity contribution < 1.29 is 22.4 Å². The van der Waals surface area contributed by atoms with Crippen molar-refractivity contribution in [3.8, 4) is 0 Å². The molecule has 0 saturated heterocycles. The molecule has 0 aliphatic heterocycles. The average molecular weight is 464 g/mol. The number of sulfonamides is 1. The third kappa shape index (κ3) is 7.33. The van der Waals surface area contributed by atoms with Gasteiger partial charge >= 0.3 is 0 Å². The number of carbonyl (C=O) groups excluding carboxylic acids is 2. The monoisotopic (exact) mass is 463 g/mol. The second-order valence-corrected chi connectivity index (χ2v) is 9.44. The van der Waals surface area contributed by atoms with Gasteiger partial charge in [0, 0.05) is 13.1 Å². The molecule has 0 aromatic heterocycles. The lowest BCUT2D eigenvalue weighted by molar-refractivity contribution is -0.138. The van der Waals surface area contributed by atoms with Crippen molar-refractivity contribution in [1.82, 2.24) is 10.2 Å². The van der Waals surface area contributed by atoms with Crippen LogP contribution in [0.5, 0.6) is 0 Å². The van der Waals surface area contributed by atoms with E-state index in [1.165, 1.54) is 17.0 Å². The highest BCUT2D eigenvalue weighted by Gasteiger charge is 2.29. The number of halogens is 1. The van der Waals surface area contributed by atoms with Gasteiger partial charge in [-0.25, -0.2) is 12.8 Å². The van der Waals surface area contributed by atoms with Crippen molar-refractivity contribution in [3.05, 3.63) is 66.0 Å². The van der Waals surface area contributed by atoms with Crippen molar-refractivity contribution in [2.24, 2.45) is 0 Å². The number of hydrogen-bond acceptors (Lipinski definition) is 4. The zero-order chi connectivity index (χ0) is 23.7. The van der Waals surface area contributed by atoms with Crippen LogP contribution in [0.25, 0.3) is 0 Å². The molecule has 0 heterocycles. The van der Waals surface area contributed by atoms with E-state index >= 15 is 0 Å². The molecule has 0 saturated carbocycles. The van der Waals surface area contributed by atoms with E-state index in [0.29, 0.717) is 13.0 Å². The van der Waals surface area contributed by atoms with E-state index in [1.807, 2.05) is 37.3 Å². The maximum atomic E-state index is 13.3. The quantitative estimate of drug-likeness (QED) is 0.555. The number of benzene rings is 2. The van der Waals surface area contributed by atoms with Crippen LogP contribution in [0, 0.1) is 5.82 Å². The van der Waals surface area contributed by atoms with E-state index in [2.05, 4.69) is 5.32 Å². The van der Waals surface area contributed by atoms with E-state index in [4.69, 9.17) is 0 Å². The van der Waals surface area contributed by atoms with Crippen LogP contribution in [0.1, 0.15) is 25.8 Å². The molecule has 0 fully saturated rings. The molecule has 2 rings (SSSR count). The Bertz CT molecular complexity index is 998. The molecule has 0 bridgehead atoms. The summed E-state index contributed by atoms with van der Waals surface area (Å²) >= 11 is 0. The van der Waals surface area contributed by atoms with Crippen molar-refractivity contribution in [1.29, 1.82) is 0 Å². The van der Waals surface area contributed by atoms with Gasteiger partial charge in [0.2, 0.25) is 21.8 Å². The van der Waals surface area contributed by atoms with Crippen LogP contribution in [0.15, 0.2) is 54.6 Å². The molecule has 0 aliphatic carbocycles. The summed E-state index contributed by atoms with van der Waals surface area (Å²) in [7, 11) is -3.82. The second-order valence-electron chi connectivity index (χ2n) is 7.54. The first-order valence-electron chi connectivity index (χ1n) is 10.5. The summed E-state index contributed by atoms with van der Waals surface area (Å²) in [5.74, 6) is -1.34. The fraction of sp³-hybridized carbons (Fsp3) is 0.391. The predicted octanol–water partition coefficient (Wildman–Crippen LogP) is 2.58. The molecular formula is C23H30FN3O4S. The fourth-order valence-electron chi connectivity index (χ4n) is 3.19. The summed E-state index contributed by atoms with van der Waals surface area (Å²) in [5.41, 5.74) is 1.17. The highest BCUT2D eigenvalue weighted by molar-refractivity contribution is 7.92. The fourth-order valence-corrected chi connectivity index (χ4v) is 4.04. The number of hydrogen-bond donors (Lipinski definition) is 1. The molecule has 0 unspecified atom stereocenters. The maximum Gasteiger partial charge on any atom is 0.244 e. The van der Waals surface area contributed by atoms with Crippen LogP contribution in [0.2, 0.25) is 0 Å². The third-order valence-electron chi connectivity index (χ3n) is 4.99. The van der Waals surface area contributed by atoms with Gasteiger partial charge in [0.25, 0.3) is 0 Å². The molecule has 2 amide bonds. The van der Waals surface area contributed by atoms with E-state index in [1.54, 1.807) is 6.92 Å². The van der Waals surface area contributed by atoms with Gasteiger partial charge in [0.15, 0.2) is 0 Å². The third-order valence-corrected chi connectivity index (χ3v) is 6.14. The van der Waals surface area contributed by atoms with E-state index in [9.17, 15) is 22.4 Å². The van der Waals surface area contributed by atoms with Crippen LogP contribution < -0.4 is 9.62 Å². The standard InChI is InChI=1S/C23H30FN3O4S/c1-4-15-25-23(29)18(2)26(16-14-19-8-6-5-7-9-19)22(28)17-27(32(3,30)31)21-12-10-20(24)11-13-21/h5-13,18H,4,14-17H2,1-3H3,(H,25,29)/t18-/m0/s1. The van der Waals surface area contributed by atoms with Crippen molar-refractivity contribution in [2.45, 2.75) is 32.7 Å². The molecule has 1 atom stereocenters. The Morgan fingerprint density at radius 2 is 1.69 bits per heavy atom. The Morgan fingerprint density at radius 3 is 2.25 bits per heavy atom. The Labute approximate surface area is 189 Å². The smallest absolute Gasteiger partial charge is 0.244 e. The summed E-state index contributed by atoms with van der Waals surface area (Å²) in [6.07, 6.45) is 2.24. The Kier molecular flexibility index (Phi) is 9.19. The minimum Gasteiger partial charge on any atom is -0.354 e. The number of carbonyl (C=O) groups is 2. The lowest BCUT2D eigenvalue weighted by Crippen LogP contribution is -2.52. The Morgan fingerprint density at radius 1 is 1.06 bits per heavy atom. The van der Waals surface area contributed by atoms with Crippen LogP contribution in [-0.4, -0.2) is 57.1 Å². The summed E-state index contributed by atoms with van der Waals surface area (Å²) in [6, 6.07) is 13.6. The molecule has 9 heteroatoms. The molecule has 32 heavy (non-hydrogen) atoms. The van der Waals surface area contributed by atoms with Crippen LogP contribution in [-0.2, 0) is 26.0 Å². The SMILES string of the molecule is CCCNC(=O)[C@H](C)N(CCc1ccccc1)C(=O)CN(c1ccc(F)cc1)S(C)(=O)=O. The van der Waals surface area contributed by atoms with Crippen LogP contribution >= 0.6 is 0 Å². The number of anilines is 1. The normalized spacial score (nSPS) is 12.1. The van der Waals surface area contributed by atoms with Crippen molar-refractivity contribution >= 4 is 27.5 Å². The summed E-state index contributed by atoms with van der Waals surface area (Å²) in [6.45, 7) is 3.77. The van der Waals surface area contributed by atoms with E-state index in [0.717, 1.165) is 34.7 Å². The molecule has 1 N–H and O–H groups in total. The van der Waals surface area contributed by atoms with Crippen LogP contribution in [0.3, 0.4) is 0 Å². The molecule has 174 valence electrons. The topological polar surface area (TPSA) is 86.8 Å². The lowest BCUT2D eigenvalue weighted by atomic mass is 10.1. The largest absolute Gasteiger partial charge is 0.354 e. The highest BCUT2D eigenvalue weighted by atomic mass is 32.2. The predicted molar refractivity (Wildman–Crippen MR) is 123 cm³/mol. The minimum absolute atomic E-state index is 0.174.